The first-order chi connectivity index (χ1) is 7.07. The van der Waals surface area contributed by atoms with Crippen molar-refractivity contribution in [2.24, 2.45) is 0 Å². The predicted octanol–water partition coefficient (Wildman–Crippen LogP) is -8.55. The van der Waals surface area contributed by atoms with Crippen molar-refractivity contribution in [1.29, 1.82) is 0 Å². The van der Waals surface area contributed by atoms with E-state index in [-0.39, 0.29) is 26.2 Å². The average molecular weight is 434 g/mol. The number of hydrogen-bond acceptors (Lipinski definition) is 10. The van der Waals surface area contributed by atoms with Crippen LogP contribution in [0.1, 0.15) is 0 Å². The normalized spacial score (nSPS) is 3.75. The van der Waals surface area contributed by atoms with Gasteiger partial charge >= 0.3 is 0 Å². The summed E-state index contributed by atoms with van der Waals surface area (Å²) in [5.74, 6) is 0. The zero-order chi connectivity index (χ0) is 13.5. The summed E-state index contributed by atoms with van der Waals surface area (Å²) in [4.78, 5) is 41.2. The average Bonchev–Trinajstić information content (AvgIpc) is 2.09. The largest absolute Gasteiger partial charge is 0.554 e. The molecule has 10 nitrogen and oxygen atoms in total. The number of carbonyl (C=O) groups is 5. The van der Waals surface area contributed by atoms with E-state index in [1.54, 1.807) is 0 Å². The number of carbonyl (C=O) groups excluding carboxylic acids is 5. The van der Waals surface area contributed by atoms with Crippen molar-refractivity contribution in [2.75, 3.05) is 0 Å². The van der Waals surface area contributed by atoms with Crippen molar-refractivity contribution >= 4 is 58.6 Å². The second kappa shape index (κ2) is 189. The maximum absolute atomic E-state index is 8.25. The van der Waals surface area contributed by atoms with E-state index in [0.717, 1.165) is 0 Å². The summed E-state index contributed by atoms with van der Waals surface area (Å²) in [6.07, 6.45) is 0. The van der Waals surface area contributed by atoms with Crippen LogP contribution in [0.25, 0.3) is 0 Å². The standard InChI is InChI=1S/5CH2O2.Bi/c5*2-1-3;/h5*1H,(H,2,3);/p-5. The van der Waals surface area contributed by atoms with Crippen LogP contribution in [0.5, 0.6) is 0 Å². The zero-order valence-corrected chi connectivity index (χ0v) is 10.9. The molecule has 0 aromatic rings. The molecule has 0 aromatic heterocycles. The Balaban J connectivity index is -0.0000000192. The summed E-state index contributed by atoms with van der Waals surface area (Å²) in [5.41, 5.74) is 0. The molecule has 0 saturated heterocycles. The molecule has 0 rings (SSSR count). The summed E-state index contributed by atoms with van der Waals surface area (Å²) in [6, 6.07) is 0. The van der Waals surface area contributed by atoms with Gasteiger partial charge in [-0.2, -0.15) is 0 Å². The number of hydrogen-bond donors (Lipinski definition) is 0. The van der Waals surface area contributed by atoms with E-state index in [1.807, 2.05) is 0 Å². The minimum atomic E-state index is -0.500. The van der Waals surface area contributed by atoms with Gasteiger partial charge in [-0.25, -0.2) is 0 Å². The second-order valence-electron chi connectivity index (χ2n) is 0.481. The van der Waals surface area contributed by atoms with Crippen molar-refractivity contribution < 1.29 is 49.5 Å². The Morgan fingerprint density at radius 1 is 0.438 bits per heavy atom. The Labute approximate surface area is 108 Å². The molecule has 0 saturated carbocycles. The fraction of sp³-hybridized carbons (Fsp3) is 0. The molecule has 16 heavy (non-hydrogen) atoms. The summed E-state index contributed by atoms with van der Waals surface area (Å²) >= 11 is 0. The molecule has 0 spiro atoms. The molecule has 0 aliphatic heterocycles. The van der Waals surface area contributed by atoms with Crippen LogP contribution in [0.15, 0.2) is 0 Å². The molecule has 0 aliphatic carbocycles. The fourth-order valence-electron chi connectivity index (χ4n) is 0. The smallest absolute Gasteiger partial charge is 0.0275 e. The predicted molar refractivity (Wildman–Crippen MR) is 36.1 cm³/mol. The number of carboxylic acid groups (broad SMARTS) is 5. The Bertz CT molecular complexity index is 91.5. The van der Waals surface area contributed by atoms with Crippen molar-refractivity contribution in [2.45, 2.75) is 0 Å². The monoisotopic (exact) mass is 434 g/mol. The molecule has 95 valence electrons. The van der Waals surface area contributed by atoms with Crippen LogP contribution in [0.3, 0.4) is 0 Å². The Hall–Kier alpha value is -1.77. The molecule has 0 N–H and O–H groups in total. The van der Waals surface area contributed by atoms with Crippen LogP contribution in [-0.4, -0.2) is 58.6 Å². The van der Waals surface area contributed by atoms with Gasteiger partial charge in [0.05, 0.1) is 0 Å². The molecule has 0 unspecified atom stereocenters. The van der Waals surface area contributed by atoms with Gasteiger partial charge in [0.15, 0.2) is 0 Å². The third-order valence-corrected chi connectivity index (χ3v) is 0. The summed E-state index contributed by atoms with van der Waals surface area (Å²) in [5, 5.41) is 41.2. The van der Waals surface area contributed by atoms with Gasteiger partial charge in [0.25, 0.3) is 0 Å². The molecule has 0 heterocycles. The van der Waals surface area contributed by atoms with Gasteiger partial charge in [-0.05, 0) is 0 Å². The van der Waals surface area contributed by atoms with Gasteiger partial charge in [0, 0.05) is 58.6 Å². The van der Waals surface area contributed by atoms with Crippen LogP contribution < -0.4 is 25.5 Å². The van der Waals surface area contributed by atoms with Gasteiger partial charge in [0.2, 0.25) is 0 Å². The molecule has 0 aliphatic rings. The minimum Gasteiger partial charge on any atom is -0.554 e. The van der Waals surface area contributed by atoms with Crippen molar-refractivity contribution in [3.05, 3.63) is 0 Å². The van der Waals surface area contributed by atoms with E-state index >= 15 is 0 Å². The molecule has 0 atom stereocenters. The molecule has 0 amide bonds. The van der Waals surface area contributed by atoms with Crippen LogP contribution in [0.4, 0.5) is 0 Å². The van der Waals surface area contributed by atoms with Crippen LogP contribution in [0.2, 0.25) is 0 Å². The van der Waals surface area contributed by atoms with E-state index in [2.05, 4.69) is 0 Å². The van der Waals surface area contributed by atoms with Crippen molar-refractivity contribution in [3.8, 4) is 0 Å². The van der Waals surface area contributed by atoms with E-state index in [1.165, 1.54) is 0 Å². The van der Waals surface area contributed by atoms with Crippen LogP contribution in [-0.2, 0) is 24.0 Å². The molecule has 0 fully saturated rings. The summed E-state index contributed by atoms with van der Waals surface area (Å²) < 4.78 is 0. The van der Waals surface area contributed by atoms with Gasteiger partial charge in [-0.15, -0.1) is 0 Å². The third kappa shape index (κ3) is 494. The fourth-order valence-corrected chi connectivity index (χ4v) is 0. The SMILES string of the molecule is O=C[O-].O=C[O-].O=C[O-].O=C[O-].O=C[O-].[Bi]. The maximum atomic E-state index is 8.25. The summed E-state index contributed by atoms with van der Waals surface area (Å²) in [7, 11) is 0. The number of rotatable bonds is 0. The first-order valence-electron chi connectivity index (χ1n) is 2.36. The van der Waals surface area contributed by atoms with E-state index in [9.17, 15) is 0 Å². The molecule has 3 radical (unpaired) electrons. The van der Waals surface area contributed by atoms with Crippen molar-refractivity contribution in [1.82, 2.24) is 0 Å². The van der Waals surface area contributed by atoms with Gasteiger partial charge < -0.3 is 49.5 Å². The Kier molecular flexibility index (Phi) is 435. The maximum Gasteiger partial charge on any atom is 0.0275 e. The second-order valence-corrected chi connectivity index (χ2v) is 0.481. The van der Waals surface area contributed by atoms with Crippen LogP contribution >= 0.6 is 0 Å². The van der Waals surface area contributed by atoms with E-state index in [0.29, 0.717) is 0 Å². The van der Waals surface area contributed by atoms with Gasteiger partial charge in [-0.3, -0.25) is 0 Å². The van der Waals surface area contributed by atoms with Crippen molar-refractivity contribution in [3.63, 3.8) is 0 Å². The molecule has 0 bridgehead atoms. The third-order valence-electron chi connectivity index (χ3n) is 0. The molecular formula is C5H5BiO10-5. The first kappa shape index (κ1) is 36.8. The Morgan fingerprint density at radius 2 is 0.438 bits per heavy atom. The van der Waals surface area contributed by atoms with Crippen LogP contribution in [0, 0.1) is 0 Å². The Morgan fingerprint density at radius 3 is 0.438 bits per heavy atom. The summed E-state index contributed by atoms with van der Waals surface area (Å²) in [6.45, 7) is -2.50. The van der Waals surface area contributed by atoms with Gasteiger partial charge in [-0.1, -0.05) is 0 Å². The molecular weight excluding hydrogens is 429 g/mol. The topological polar surface area (TPSA) is 201 Å². The first-order valence-corrected chi connectivity index (χ1v) is 2.36. The van der Waals surface area contributed by atoms with E-state index < -0.39 is 32.4 Å². The quantitative estimate of drug-likeness (QED) is 0.260. The molecule has 11 heteroatoms. The zero-order valence-electron chi connectivity index (χ0n) is 7.42. The van der Waals surface area contributed by atoms with Gasteiger partial charge in [0.1, 0.15) is 0 Å². The minimum absolute atomic E-state index is 0. The van der Waals surface area contributed by atoms with E-state index in [4.69, 9.17) is 49.5 Å². The molecule has 0 aromatic carbocycles.